The van der Waals surface area contributed by atoms with Gasteiger partial charge in [-0.3, -0.25) is 14.3 Å². The summed E-state index contributed by atoms with van der Waals surface area (Å²) in [6, 6.07) is 11.5. The maximum absolute atomic E-state index is 13.1. The van der Waals surface area contributed by atoms with Crippen LogP contribution < -0.4 is 10.9 Å². The summed E-state index contributed by atoms with van der Waals surface area (Å²) in [4.78, 5) is 15.2. The number of quaternary nitrogens is 1. The number of alkyl halides is 3. The molecule has 3 aromatic rings. The molecule has 0 saturated heterocycles. The number of rotatable bonds is 2. The largest absolute Gasteiger partial charge is 0.494 e. The molecular formula is C20H17F3N3O2S+. The third-order valence-corrected chi connectivity index (χ3v) is 5.35. The van der Waals surface area contributed by atoms with Crippen LogP contribution in [0.15, 0.2) is 53.3 Å². The van der Waals surface area contributed by atoms with Crippen molar-refractivity contribution in [2.45, 2.75) is 18.6 Å². The van der Waals surface area contributed by atoms with Gasteiger partial charge in [0, 0.05) is 12.0 Å². The van der Waals surface area contributed by atoms with Crippen molar-refractivity contribution in [2.75, 3.05) is 6.54 Å². The van der Waals surface area contributed by atoms with Crippen LogP contribution >= 0.6 is 12.2 Å². The highest BCUT2D eigenvalue weighted by Crippen LogP contribution is 2.33. The fourth-order valence-electron chi connectivity index (χ4n) is 3.75. The van der Waals surface area contributed by atoms with Gasteiger partial charge in [0.1, 0.15) is 11.6 Å². The van der Waals surface area contributed by atoms with Gasteiger partial charge < -0.3 is 10.4 Å². The number of hydrogen-bond donors (Lipinski definition) is 3. The van der Waals surface area contributed by atoms with Gasteiger partial charge in [-0.2, -0.15) is 13.2 Å². The van der Waals surface area contributed by atoms with Crippen molar-refractivity contribution in [3.63, 3.8) is 0 Å². The van der Waals surface area contributed by atoms with E-state index in [2.05, 4.69) is 4.98 Å². The van der Waals surface area contributed by atoms with Crippen molar-refractivity contribution >= 4 is 12.2 Å². The van der Waals surface area contributed by atoms with Crippen LogP contribution in [0.25, 0.3) is 5.69 Å². The van der Waals surface area contributed by atoms with E-state index in [1.165, 1.54) is 12.1 Å². The van der Waals surface area contributed by atoms with E-state index in [4.69, 9.17) is 12.2 Å². The van der Waals surface area contributed by atoms with Crippen LogP contribution in [0.5, 0.6) is 5.88 Å². The molecule has 1 aliphatic rings. The molecule has 0 amide bonds. The maximum Gasteiger partial charge on any atom is 0.416 e. The Hall–Kier alpha value is -2.91. The summed E-state index contributed by atoms with van der Waals surface area (Å²) >= 11 is 5.14. The molecule has 2 aromatic carbocycles. The Bertz CT molecular complexity index is 1200. The number of nitrogens with one attached hydrogen (secondary N) is 1. The lowest BCUT2D eigenvalue weighted by Crippen LogP contribution is -2.87. The monoisotopic (exact) mass is 420 g/mol. The van der Waals surface area contributed by atoms with Crippen molar-refractivity contribution in [1.82, 2.24) is 9.55 Å². The minimum atomic E-state index is -4.55. The second kappa shape index (κ2) is 7.16. The molecule has 0 unspecified atom stereocenters. The zero-order valence-corrected chi connectivity index (χ0v) is 15.8. The number of nitrogens with zero attached hydrogens (tertiary/aromatic N) is 1. The summed E-state index contributed by atoms with van der Waals surface area (Å²) in [6.45, 7) is 0.708. The molecule has 9 heteroatoms. The van der Waals surface area contributed by atoms with Gasteiger partial charge in [-0.1, -0.05) is 30.3 Å². The normalized spacial score (nSPS) is 16.4. The number of H-pyrrole nitrogens is 1. The summed E-state index contributed by atoms with van der Waals surface area (Å²) in [6.07, 6.45) is -3.73. The van der Waals surface area contributed by atoms with Crippen molar-refractivity contribution < 1.29 is 23.6 Å². The van der Waals surface area contributed by atoms with Crippen LogP contribution in [0.2, 0.25) is 0 Å². The molecular weight excluding hydrogens is 403 g/mol. The first-order valence-corrected chi connectivity index (χ1v) is 9.35. The molecule has 0 saturated carbocycles. The van der Waals surface area contributed by atoms with Crippen molar-refractivity contribution in [1.29, 1.82) is 0 Å². The Balaban J connectivity index is 1.93. The van der Waals surface area contributed by atoms with E-state index < -0.39 is 29.2 Å². The number of hydrogen-bond acceptors (Lipinski definition) is 3. The fraction of sp³-hybridized carbons (Fsp3) is 0.200. The van der Waals surface area contributed by atoms with Crippen molar-refractivity contribution in [3.8, 4) is 11.6 Å². The smallest absolute Gasteiger partial charge is 0.416 e. The fourth-order valence-corrected chi connectivity index (χ4v) is 4.04. The molecule has 0 fully saturated rings. The second-order valence-electron chi connectivity index (χ2n) is 6.83. The molecule has 29 heavy (non-hydrogen) atoms. The lowest BCUT2D eigenvalue weighted by Gasteiger charge is -2.25. The number of aromatic amines is 1. The standard InChI is InChI=1S/C20H16F3N3O2S/c21-20(22,23)12-5-3-6-13(10-12)26-18(28)15(17(27)25-19(26)29)16-14-7-2-1-4-11(14)8-9-24-16/h1-7,10,16,24,28H,8-9H2,(H,25,27,29)/p+1/t16-/m1/s1. The number of halogens is 3. The highest BCUT2D eigenvalue weighted by atomic mass is 32.1. The molecule has 2 heterocycles. The van der Waals surface area contributed by atoms with Gasteiger partial charge in [0.05, 0.1) is 17.8 Å². The average Bonchev–Trinajstić information content (AvgIpc) is 2.67. The molecule has 1 aromatic heterocycles. The van der Waals surface area contributed by atoms with Crippen molar-refractivity contribution in [3.05, 3.63) is 85.9 Å². The van der Waals surface area contributed by atoms with Gasteiger partial charge in [0.15, 0.2) is 4.77 Å². The van der Waals surface area contributed by atoms with Gasteiger partial charge in [-0.05, 0) is 36.0 Å². The maximum atomic E-state index is 13.1. The van der Waals surface area contributed by atoms with Gasteiger partial charge >= 0.3 is 6.18 Å². The summed E-state index contributed by atoms with van der Waals surface area (Å²) in [5, 5.41) is 12.9. The zero-order chi connectivity index (χ0) is 20.8. The molecule has 0 aliphatic carbocycles. The highest BCUT2D eigenvalue weighted by molar-refractivity contribution is 7.71. The first-order chi connectivity index (χ1) is 13.8. The minimum absolute atomic E-state index is 0.0175. The lowest BCUT2D eigenvalue weighted by atomic mass is 9.90. The molecule has 4 rings (SSSR count). The molecule has 0 radical (unpaired) electrons. The van der Waals surface area contributed by atoms with E-state index in [-0.39, 0.29) is 16.0 Å². The lowest BCUT2D eigenvalue weighted by molar-refractivity contribution is -0.690. The Morgan fingerprint density at radius 2 is 1.93 bits per heavy atom. The third kappa shape index (κ3) is 3.47. The Morgan fingerprint density at radius 3 is 2.69 bits per heavy atom. The molecule has 5 nitrogen and oxygen atoms in total. The number of benzene rings is 2. The SMILES string of the molecule is O=c1[nH]c(=S)n(-c2cccc(C(F)(F)F)c2)c(O)c1[C@@H]1[NH2+]CCc2ccccc21. The quantitative estimate of drug-likeness (QED) is 0.558. The first-order valence-electron chi connectivity index (χ1n) is 8.94. The molecule has 150 valence electrons. The minimum Gasteiger partial charge on any atom is -0.494 e. The molecule has 1 aliphatic heterocycles. The van der Waals surface area contributed by atoms with E-state index in [0.29, 0.717) is 6.54 Å². The van der Waals surface area contributed by atoms with Gasteiger partial charge in [-0.25, -0.2) is 0 Å². The van der Waals surface area contributed by atoms with E-state index in [1.54, 1.807) is 0 Å². The summed E-state index contributed by atoms with van der Waals surface area (Å²) < 4.78 is 40.3. The van der Waals surface area contributed by atoms with Crippen LogP contribution in [0, 0.1) is 4.77 Å². The van der Waals surface area contributed by atoms with Crippen LogP contribution in [-0.4, -0.2) is 21.2 Å². The highest BCUT2D eigenvalue weighted by Gasteiger charge is 2.33. The first kappa shape index (κ1) is 19.4. The van der Waals surface area contributed by atoms with Gasteiger partial charge in [0.2, 0.25) is 5.88 Å². The Kier molecular flexibility index (Phi) is 4.79. The number of aromatic hydroxyl groups is 1. The summed E-state index contributed by atoms with van der Waals surface area (Å²) in [7, 11) is 0. The second-order valence-corrected chi connectivity index (χ2v) is 7.22. The predicted octanol–water partition coefficient (Wildman–Crippen LogP) is 2.83. The van der Waals surface area contributed by atoms with Crippen LogP contribution in [0.1, 0.15) is 28.3 Å². The molecule has 4 N–H and O–H groups in total. The number of nitrogens with two attached hydrogens (primary N) is 1. The number of fused-ring (bicyclic) bond motifs is 1. The van der Waals surface area contributed by atoms with E-state index >= 15 is 0 Å². The van der Waals surface area contributed by atoms with Crippen molar-refractivity contribution in [2.24, 2.45) is 0 Å². The van der Waals surface area contributed by atoms with Crippen LogP contribution in [-0.2, 0) is 12.6 Å². The molecule has 0 spiro atoms. The zero-order valence-electron chi connectivity index (χ0n) is 15.0. The van der Waals surface area contributed by atoms with Gasteiger partial charge in [-0.15, -0.1) is 0 Å². The number of aromatic nitrogens is 2. The average molecular weight is 420 g/mol. The summed E-state index contributed by atoms with van der Waals surface area (Å²) in [5.74, 6) is -0.462. The molecule has 1 atom stereocenters. The Labute approximate surface area is 168 Å². The summed E-state index contributed by atoms with van der Waals surface area (Å²) in [5.41, 5.74) is 0.582. The topological polar surface area (TPSA) is 74.6 Å². The van der Waals surface area contributed by atoms with E-state index in [0.717, 1.165) is 34.2 Å². The van der Waals surface area contributed by atoms with Gasteiger partial charge in [0.25, 0.3) is 5.56 Å². The third-order valence-electron chi connectivity index (χ3n) is 5.07. The predicted molar refractivity (Wildman–Crippen MR) is 103 cm³/mol. The van der Waals surface area contributed by atoms with E-state index in [1.807, 2.05) is 29.6 Å². The van der Waals surface area contributed by atoms with E-state index in [9.17, 15) is 23.1 Å². The van der Waals surface area contributed by atoms with Crippen LogP contribution in [0.3, 0.4) is 0 Å². The Morgan fingerprint density at radius 1 is 1.17 bits per heavy atom. The van der Waals surface area contributed by atoms with Crippen LogP contribution in [0.4, 0.5) is 13.2 Å². The molecule has 0 bridgehead atoms.